The zero-order chi connectivity index (χ0) is 19.3. The van der Waals surface area contributed by atoms with Crippen LogP contribution in [-0.2, 0) is 13.0 Å². The smallest absolute Gasteiger partial charge is 0.256 e. The van der Waals surface area contributed by atoms with E-state index in [-0.39, 0.29) is 11.7 Å². The standard InChI is InChI=1S/C21H20FN3O2S/c1-2-25-10-9-14-17(11-25)28-21-18(14)20(26)23-19(24-21)16-8-7-15(27-16)12-3-5-13(22)6-4-12/h3-8,19,24H,2,9-11H2,1H3,(H,23,26)/p+1/t19-/m1/s1. The first-order valence-electron chi connectivity index (χ1n) is 9.53. The quantitative estimate of drug-likeness (QED) is 0.636. The molecule has 0 aliphatic carbocycles. The summed E-state index contributed by atoms with van der Waals surface area (Å²) in [6.45, 7) is 5.36. The third kappa shape index (κ3) is 2.91. The van der Waals surface area contributed by atoms with Crippen molar-refractivity contribution in [2.24, 2.45) is 0 Å². The zero-order valence-electron chi connectivity index (χ0n) is 15.5. The molecule has 2 aliphatic rings. The molecule has 0 saturated carbocycles. The van der Waals surface area contributed by atoms with Crippen LogP contribution >= 0.6 is 11.3 Å². The summed E-state index contributed by atoms with van der Waals surface area (Å²) < 4.78 is 19.1. The number of benzene rings is 1. The number of halogens is 1. The lowest BCUT2D eigenvalue weighted by Crippen LogP contribution is -3.11. The normalized spacial score (nSPS) is 20.9. The molecule has 1 unspecified atom stereocenters. The summed E-state index contributed by atoms with van der Waals surface area (Å²) in [5.74, 6) is 0.945. The van der Waals surface area contributed by atoms with Crippen LogP contribution in [0, 0.1) is 5.82 Å². The Morgan fingerprint density at radius 1 is 1.21 bits per heavy atom. The Morgan fingerprint density at radius 2 is 2.04 bits per heavy atom. The van der Waals surface area contributed by atoms with Gasteiger partial charge in [0.05, 0.1) is 23.5 Å². The number of furan rings is 1. The van der Waals surface area contributed by atoms with Gasteiger partial charge in [-0.05, 0) is 48.9 Å². The molecule has 3 aromatic rings. The SMILES string of the molecule is CC[NH+]1CCc2c(sc3c2C(=O)N[C@@H](c2ccc(-c4ccc(F)cc4)o2)N3)C1. The van der Waals surface area contributed by atoms with Gasteiger partial charge in [0, 0.05) is 12.0 Å². The third-order valence-electron chi connectivity index (χ3n) is 5.55. The summed E-state index contributed by atoms with van der Waals surface area (Å²) in [4.78, 5) is 15.7. The van der Waals surface area contributed by atoms with E-state index in [0.29, 0.717) is 11.5 Å². The maximum atomic E-state index is 13.1. The van der Waals surface area contributed by atoms with Crippen LogP contribution < -0.4 is 15.5 Å². The summed E-state index contributed by atoms with van der Waals surface area (Å²) in [5.41, 5.74) is 2.80. The fraction of sp³-hybridized carbons (Fsp3) is 0.286. The lowest BCUT2D eigenvalue weighted by molar-refractivity contribution is -0.913. The molecule has 3 N–H and O–H groups in total. The largest absolute Gasteiger partial charge is 0.457 e. The first-order valence-corrected chi connectivity index (χ1v) is 10.3. The Bertz CT molecular complexity index is 1040. The number of hydrogen-bond acceptors (Lipinski definition) is 4. The van der Waals surface area contributed by atoms with Crippen molar-refractivity contribution in [1.82, 2.24) is 5.32 Å². The van der Waals surface area contributed by atoms with Crippen LogP contribution in [-0.4, -0.2) is 19.0 Å². The molecule has 0 fully saturated rings. The minimum absolute atomic E-state index is 0.0454. The summed E-state index contributed by atoms with van der Waals surface area (Å²) in [7, 11) is 0. The van der Waals surface area contributed by atoms with E-state index < -0.39 is 6.17 Å². The molecule has 2 atom stereocenters. The van der Waals surface area contributed by atoms with Crippen LogP contribution in [0.5, 0.6) is 0 Å². The highest BCUT2D eigenvalue weighted by Gasteiger charge is 2.35. The summed E-state index contributed by atoms with van der Waals surface area (Å²) in [6.07, 6.45) is 0.531. The molecule has 0 radical (unpaired) electrons. The van der Waals surface area contributed by atoms with E-state index >= 15 is 0 Å². The topological polar surface area (TPSA) is 58.7 Å². The first-order chi connectivity index (χ1) is 13.6. The Kier molecular flexibility index (Phi) is 4.21. The highest BCUT2D eigenvalue weighted by molar-refractivity contribution is 7.16. The molecule has 1 aromatic carbocycles. The van der Waals surface area contributed by atoms with Gasteiger partial charge >= 0.3 is 0 Å². The molecular weight excluding hydrogens is 377 g/mol. The van der Waals surface area contributed by atoms with Crippen LogP contribution in [0.1, 0.15) is 39.6 Å². The van der Waals surface area contributed by atoms with Gasteiger partial charge < -0.3 is 20.0 Å². The van der Waals surface area contributed by atoms with Gasteiger partial charge in [-0.1, -0.05) is 0 Å². The van der Waals surface area contributed by atoms with Gasteiger partial charge in [0.1, 0.15) is 28.9 Å². The number of fused-ring (bicyclic) bond motifs is 3. The van der Waals surface area contributed by atoms with Crippen LogP contribution in [0.25, 0.3) is 11.3 Å². The monoisotopic (exact) mass is 398 g/mol. The van der Waals surface area contributed by atoms with E-state index in [1.165, 1.54) is 22.6 Å². The van der Waals surface area contributed by atoms with Crippen molar-refractivity contribution in [2.45, 2.75) is 26.1 Å². The molecule has 144 valence electrons. The molecule has 2 aliphatic heterocycles. The van der Waals surface area contributed by atoms with Crippen LogP contribution in [0.4, 0.5) is 9.39 Å². The Hall–Kier alpha value is -2.64. The lowest BCUT2D eigenvalue weighted by Gasteiger charge is -2.25. The highest BCUT2D eigenvalue weighted by atomic mass is 32.1. The number of carbonyl (C=O) groups excluding carboxylic acids is 1. The van der Waals surface area contributed by atoms with Gasteiger partial charge in [0.15, 0.2) is 6.17 Å². The Labute approximate surface area is 166 Å². The summed E-state index contributed by atoms with van der Waals surface area (Å²) >= 11 is 1.69. The van der Waals surface area contributed by atoms with E-state index in [2.05, 4.69) is 17.6 Å². The number of anilines is 1. The second kappa shape index (κ2) is 6.76. The van der Waals surface area contributed by atoms with Gasteiger partial charge in [-0.2, -0.15) is 0 Å². The molecule has 0 bridgehead atoms. The van der Waals surface area contributed by atoms with E-state index in [1.807, 2.05) is 12.1 Å². The van der Waals surface area contributed by atoms with Gasteiger partial charge in [0.25, 0.3) is 5.91 Å². The van der Waals surface area contributed by atoms with Gasteiger partial charge in [0.2, 0.25) is 0 Å². The molecule has 5 nitrogen and oxygen atoms in total. The van der Waals surface area contributed by atoms with Crippen molar-refractivity contribution in [3.05, 3.63) is 64.0 Å². The van der Waals surface area contributed by atoms with Gasteiger partial charge in [-0.25, -0.2) is 4.39 Å². The molecule has 5 rings (SSSR count). The maximum absolute atomic E-state index is 13.1. The van der Waals surface area contributed by atoms with Crippen molar-refractivity contribution in [3.63, 3.8) is 0 Å². The predicted molar refractivity (Wildman–Crippen MR) is 106 cm³/mol. The molecule has 0 saturated heterocycles. The van der Waals surface area contributed by atoms with Crippen LogP contribution in [0.15, 0.2) is 40.8 Å². The average Bonchev–Trinajstić information content (AvgIpc) is 3.32. The van der Waals surface area contributed by atoms with E-state index in [4.69, 9.17) is 4.42 Å². The van der Waals surface area contributed by atoms with Crippen molar-refractivity contribution in [1.29, 1.82) is 0 Å². The van der Waals surface area contributed by atoms with Crippen LogP contribution in [0.3, 0.4) is 0 Å². The molecule has 2 aromatic heterocycles. The number of rotatable bonds is 3. The minimum Gasteiger partial charge on any atom is -0.457 e. The van der Waals surface area contributed by atoms with E-state index in [0.717, 1.165) is 42.2 Å². The molecule has 7 heteroatoms. The second-order valence-corrected chi connectivity index (χ2v) is 8.35. The maximum Gasteiger partial charge on any atom is 0.256 e. The number of likely N-dealkylation sites (N-methyl/N-ethyl adjacent to an activating group) is 1. The number of quaternary nitrogens is 1. The first kappa shape index (κ1) is 17.5. The van der Waals surface area contributed by atoms with E-state index in [9.17, 15) is 9.18 Å². The Balaban J connectivity index is 1.42. The number of hydrogen-bond donors (Lipinski definition) is 3. The fourth-order valence-corrected chi connectivity index (χ4v) is 5.32. The van der Waals surface area contributed by atoms with Crippen molar-refractivity contribution < 1.29 is 18.5 Å². The van der Waals surface area contributed by atoms with Gasteiger partial charge in [-0.3, -0.25) is 4.79 Å². The molecular formula is C21H21FN3O2S+. The summed E-state index contributed by atoms with van der Waals surface area (Å²) in [5, 5.41) is 7.38. The summed E-state index contributed by atoms with van der Waals surface area (Å²) in [6, 6.07) is 9.85. The molecule has 4 heterocycles. The zero-order valence-corrected chi connectivity index (χ0v) is 16.3. The fourth-order valence-electron chi connectivity index (χ4n) is 3.97. The Morgan fingerprint density at radius 3 is 2.82 bits per heavy atom. The average molecular weight is 398 g/mol. The minimum atomic E-state index is -0.413. The number of nitrogens with one attached hydrogen (secondary N) is 3. The molecule has 28 heavy (non-hydrogen) atoms. The van der Waals surface area contributed by atoms with Crippen molar-refractivity contribution in [3.8, 4) is 11.3 Å². The van der Waals surface area contributed by atoms with E-state index in [1.54, 1.807) is 28.4 Å². The predicted octanol–water partition coefficient (Wildman–Crippen LogP) is 2.96. The van der Waals surface area contributed by atoms with Crippen molar-refractivity contribution in [2.75, 3.05) is 18.4 Å². The molecule has 0 spiro atoms. The van der Waals surface area contributed by atoms with Crippen LogP contribution in [0.2, 0.25) is 0 Å². The lowest BCUT2D eigenvalue weighted by atomic mass is 10.0. The second-order valence-electron chi connectivity index (χ2n) is 7.25. The highest BCUT2D eigenvalue weighted by Crippen LogP contribution is 2.39. The van der Waals surface area contributed by atoms with Crippen molar-refractivity contribution >= 4 is 22.2 Å². The third-order valence-corrected chi connectivity index (χ3v) is 6.71. The number of amides is 1. The van der Waals surface area contributed by atoms with Gasteiger partial charge in [-0.15, -0.1) is 11.3 Å². The molecule has 1 amide bonds. The number of carbonyl (C=O) groups is 1. The number of thiophene rings is 1.